The predicted molar refractivity (Wildman–Crippen MR) is 202 cm³/mol. The summed E-state index contributed by atoms with van der Waals surface area (Å²) in [5.74, 6) is -2.83. The third kappa shape index (κ3) is 9.83. The van der Waals surface area contributed by atoms with Crippen molar-refractivity contribution in [1.82, 2.24) is 4.90 Å². The van der Waals surface area contributed by atoms with Gasteiger partial charge in [0.1, 0.15) is 12.7 Å². The highest BCUT2D eigenvalue weighted by molar-refractivity contribution is 5.79. The Bertz CT molecular complexity index is 1520. The lowest BCUT2D eigenvalue weighted by molar-refractivity contribution is -0.292. The van der Waals surface area contributed by atoms with E-state index in [9.17, 15) is 24.0 Å². The third-order valence-corrected chi connectivity index (χ3v) is 10.2. The predicted octanol–water partition coefficient (Wildman–Crippen LogP) is 6.75. The summed E-state index contributed by atoms with van der Waals surface area (Å²) >= 11 is 0. The van der Waals surface area contributed by atoms with Crippen LogP contribution in [0, 0.1) is 27.1 Å². The van der Waals surface area contributed by atoms with Crippen molar-refractivity contribution >= 4 is 29.8 Å². The fraction of sp³-hybridized carbons (Fsp3) is 0.738. The highest BCUT2D eigenvalue weighted by atomic mass is 16.7. The second-order valence-electron chi connectivity index (χ2n) is 18.7. The molecular formula is C42H65NO11. The van der Waals surface area contributed by atoms with Crippen LogP contribution in [0.15, 0.2) is 24.3 Å². The van der Waals surface area contributed by atoms with Crippen LogP contribution in [0.1, 0.15) is 127 Å². The van der Waals surface area contributed by atoms with Gasteiger partial charge in [-0.3, -0.25) is 28.9 Å². The van der Waals surface area contributed by atoms with Gasteiger partial charge in [0.25, 0.3) is 0 Å². The van der Waals surface area contributed by atoms with Crippen LogP contribution in [-0.2, 0) is 58.8 Å². The number of fused-ring (bicyclic) bond motifs is 1. The van der Waals surface area contributed by atoms with Crippen molar-refractivity contribution in [2.45, 2.75) is 153 Å². The van der Waals surface area contributed by atoms with Gasteiger partial charge in [0, 0.05) is 6.54 Å². The number of esters is 5. The van der Waals surface area contributed by atoms with E-state index in [1.54, 1.807) is 83.1 Å². The number of carbonyl (C=O) groups is 5. The number of ether oxygens (including phenoxy) is 6. The molecule has 1 aromatic carbocycles. The summed E-state index contributed by atoms with van der Waals surface area (Å²) in [5, 5.41) is 0. The van der Waals surface area contributed by atoms with Crippen molar-refractivity contribution < 1.29 is 52.4 Å². The number of hydrogen-bond donors (Lipinski definition) is 0. The molecule has 0 aromatic heterocycles. The molecule has 6 atom stereocenters. The van der Waals surface area contributed by atoms with Crippen molar-refractivity contribution in [1.29, 1.82) is 0 Å². The molecule has 0 saturated carbocycles. The van der Waals surface area contributed by atoms with E-state index in [0.717, 1.165) is 11.1 Å². The Hall–Kier alpha value is -3.51. The van der Waals surface area contributed by atoms with Gasteiger partial charge in [-0.25, -0.2) is 0 Å². The van der Waals surface area contributed by atoms with Crippen LogP contribution in [-0.4, -0.2) is 85.7 Å². The van der Waals surface area contributed by atoms with Gasteiger partial charge in [-0.1, -0.05) is 38.1 Å². The number of hydrogen-bond acceptors (Lipinski definition) is 12. The lowest BCUT2D eigenvalue weighted by atomic mass is 9.69. The molecule has 2 heterocycles. The molecule has 0 radical (unpaired) electrons. The third-order valence-electron chi connectivity index (χ3n) is 10.2. The van der Waals surface area contributed by atoms with Crippen molar-refractivity contribution in [2.24, 2.45) is 27.1 Å². The molecule has 0 amide bonds. The summed E-state index contributed by atoms with van der Waals surface area (Å²) in [6, 6.07) is 7.20. The summed E-state index contributed by atoms with van der Waals surface area (Å²) in [6.45, 7) is 24.2. The molecule has 0 bridgehead atoms. The first kappa shape index (κ1) is 44.9. The standard InChI is InChI=1S/C42H65NO11/c1-16-42(17-2,37(48)49-15)31-26-21-19-18-20-25(26)22-23-43(31)32-30(54-36(47)41(12,13)14)29(53-35(46)40(9,10)11)28(52-34(45)39(6,7)8)27(51-32)24-50-33(44)38(3,4)5/h18-21,27-32H,16-17,22-24H2,1-15H3/t27-,28+,29+,30-,31+,32-/m1/s1. The monoisotopic (exact) mass is 759 g/mol. The maximum atomic E-state index is 14.0. The van der Waals surface area contributed by atoms with E-state index in [-0.39, 0.29) is 6.61 Å². The van der Waals surface area contributed by atoms with E-state index in [2.05, 4.69) is 0 Å². The molecule has 0 spiro atoms. The second-order valence-corrected chi connectivity index (χ2v) is 18.7. The fourth-order valence-corrected chi connectivity index (χ4v) is 6.69. The minimum Gasteiger partial charge on any atom is -0.469 e. The van der Waals surface area contributed by atoms with Gasteiger partial charge in [0.05, 0.1) is 40.2 Å². The van der Waals surface area contributed by atoms with Crippen molar-refractivity contribution in [3.8, 4) is 0 Å². The van der Waals surface area contributed by atoms with E-state index in [4.69, 9.17) is 28.4 Å². The Labute approximate surface area is 322 Å². The Balaban J connectivity index is 2.41. The van der Waals surface area contributed by atoms with Crippen molar-refractivity contribution in [3.63, 3.8) is 0 Å². The van der Waals surface area contributed by atoms with Gasteiger partial charge in [0.15, 0.2) is 24.5 Å². The molecule has 0 aliphatic carbocycles. The number of nitrogens with zero attached hydrogens (tertiary/aromatic N) is 1. The summed E-state index contributed by atoms with van der Waals surface area (Å²) < 4.78 is 37.1. The molecule has 2 aliphatic rings. The van der Waals surface area contributed by atoms with Crippen LogP contribution < -0.4 is 0 Å². The largest absolute Gasteiger partial charge is 0.469 e. The normalized spacial score (nSPS) is 24.1. The number of benzene rings is 1. The van der Waals surface area contributed by atoms with Crippen LogP contribution in [0.2, 0.25) is 0 Å². The number of carbonyl (C=O) groups excluding carboxylic acids is 5. The minimum absolute atomic E-state index is 0.343. The molecule has 2 aliphatic heterocycles. The Morgan fingerprint density at radius 2 is 1.13 bits per heavy atom. The quantitative estimate of drug-likeness (QED) is 0.184. The summed E-state index contributed by atoms with van der Waals surface area (Å²) in [5.41, 5.74) is -3.07. The topological polar surface area (TPSA) is 144 Å². The molecular weight excluding hydrogens is 694 g/mol. The highest BCUT2D eigenvalue weighted by Crippen LogP contribution is 2.50. The van der Waals surface area contributed by atoms with Gasteiger partial charge in [-0.15, -0.1) is 0 Å². The molecule has 3 rings (SSSR count). The van der Waals surface area contributed by atoms with E-state index in [0.29, 0.717) is 25.8 Å². The summed E-state index contributed by atoms with van der Waals surface area (Å²) in [4.78, 5) is 70.7. The fourth-order valence-electron chi connectivity index (χ4n) is 6.69. The number of rotatable bonds is 10. The number of methoxy groups -OCH3 is 1. The van der Waals surface area contributed by atoms with Gasteiger partial charge >= 0.3 is 29.8 Å². The Morgan fingerprint density at radius 3 is 1.59 bits per heavy atom. The highest BCUT2D eigenvalue weighted by Gasteiger charge is 2.60. The molecule has 304 valence electrons. The summed E-state index contributed by atoms with van der Waals surface area (Å²) in [7, 11) is 1.36. The van der Waals surface area contributed by atoms with Crippen LogP contribution in [0.5, 0.6) is 0 Å². The zero-order chi connectivity index (χ0) is 41.2. The maximum Gasteiger partial charge on any atom is 0.313 e. The van der Waals surface area contributed by atoms with E-state index < -0.39 is 93.6 Å². The lowest BCUT2D eigenvalue weighted by Crippen LogP contribution is -2.69. The molecule has 1 saturated heterocycles. The van der Waals surface area contributed by atoms with Gasteiger partial charge < -0.3 is 28.4 Å². The SMILES string of the molecule is CCC(CC)(C(=O)OC)[C@@H]1c2ccccc2CCN1[C@@H]1O[C@H](COC(=O)C(C)(C)C)[C@H](OC(=O)C(C)(C)C)[C@H](OC(=O)C(C)(C)C)[C@H]1OC(=O)C(C)(C)C. The first-order valence-electron chi connectivity index (χ1n) is 19.1. The lowest BCUT2D eigenvalue weighted by Gasteiger charge is -2.54. The van der Waals surface area contributed by atoms with E-state index in [1.165, 1.54) is 7.11 Å². The average molecular weight is 760 g/mol. The molecule has 1 aromatic rings. The molecule has 0 unspecified atom stereocenters. The Morgan fingerprint density at radius 1 is 0.667 bits per heavy atom. The first-order chi connectivity index (χ1) is 24.7. The van der Waals surface area contributed by atoms with Crippen molar-refractivity contribution in [3.05, 3.63) is 35.4 Å². The van der Waals surface area contributed by atoms with Gasteiger partial charge in [0.2, 0.25) is 0 Å². The van der Waals surface area contributed by atoms with Gasteiger partial charge in [-0.2, -0.15) is 0 Å². The zero-order valence-corrected chi connectivity index (χ0v) is 35.2. The maximum absolute atomic E-state index is 14.0. The van der Waals surface area contributed by atoms with Crippen LogP contribution >= 0.6 is 0 Å². The van der Waals surface area contributed by atoms with Crippen LogP contribution in [0.25, 0.3) is 0 Å². The zero-order valence-electron chi connectivity index (χ0n) is 35.2. The second kappa shape index (κ2) is 16.7. The molecule has 12 heteroatoms. The van der Waals surface area contributed by atoms with Gasteiger partial charge in [-0.05, 0) is 113 Å². The molecule has 1 fully saturated rings. The Kier molecular flexibility index (Phi) is 13.9. The van der Waals surface area contributed by atoms with Crippen molar-refractivity contribution in [2.75, 3.05) is 20.3 Å². The van der Waals surface area contributed by atoms with Crippen LogP contribution in [0.4, 0.5) is 0 Å². The van der Waals surface area contributed by atoms with E-state index >= 15 is 0 Å². The smallest absolute Gasteiger partial charge is 0.313 e. The molecule has 0 N–H and O–H groups in total. The first-order valence-corrected chi connectivity index (χ1v) is 19.1. The minimum atomic E-state index is -1.42. The van der Waals surface area contributed by atoms with E-state index in [1.807, 2.05) is 43.0 Å². The molecule has 12 nitrogen and oxygen atoms in total. The van der Waals surface area contributed by atoms with Crippen LogP contribution in [0.3, 0.4) is 0 Å². The summed E-state index contributed by atoms with van der Waals surface area (Å²) in [6.07, 6.45) is -5.19. The average Bonchev–Trinajstić information content (AvgIpc) is 3.07. The molecule has 54 heavy (non-hydrogen) atoms.